The summed E-state index contributed by atoms with van der Waals surface area (Å²) in [7, 11) is 0. The minimum absolute atomic E-state index is 0.320. The van der Waals surface area contributed by atoms with Crippen molar-refractivity contribution in [2.75, 3.05) is 13.2 Å². The number of aromatic nitrogens is 1. The fourth-order valence-corrected chi connectivity index (χ4v) is 2.54. The van der Waals surface area contributed by atoms with Crippen LogP contribution in [0.15, 0.2) is 54.9 Å². The van der Waals surface area contributed by atoms with Crippen molar-refractivity contribution in [2.24, 2.45) is 0 Å². The summed E-state index contributed by atoms with van der Waals surface area (Å²) in [4.78, 5) is 4.14. The number of benzene rings is 2. The average molecular weight is 333 g/mol. The Kier molecular flexibility index (Phi) is 5.50. The van der Waals surface area contributed by atoms with Gasteiger partial charge in [0.05, 0.1) is 6.61 Å². The monoisotopic (exact) mass is 333 g/mol. The van der Waals surface area contributed by atoms with Gasteiger partial charge in [0.25, 0.3) is 0 Å². The third-order valence-electron chi connectivity index (χ3n) is 3.79. The second-order valence-electron chi connectivity index (χ2n) is 5.48. The van der Waals surface area contributed by atoms with Crippen molar-refractivity contribution in [3.05, 3.63) is 66.0 Å². The van der Waals surface area contributed by atoms with Gasteiger partial charge in [-0.1, -0.05) is 17.9 Å². The van der Waals surface area contributed by atoms with E-state index in [9.17, 15) is 0 Å². The van der Waals surface area contributed by atoms with Crippen LogP contribution in [0.1, 0.15) is 18.1 Å². The van der Waals surface area contributed by atoms with Crippen LogP contribution in [0, 0.1) is 11.8 Å². The second kappa shape index (κ2) is 8.18. The van der Waals surface area contributed by atoms with Gasteiger partial charge in [0.1, 0.15) is 24.7 Å². The SMILES string of the molecule is CCOc1cc(OCC#Cc2ccc3ccncc3c2)ccc1C[NH3+]. The van der Waals surface area contributed by atoms with Crippen molar-refractivity contribution in [1.29, 1.82) is 0 Å². The summed E-state index contributed by atoms with van der Waals surface area (Å²) in [6, 6.07) is 13.9. The van der Waals surface area contributed by atoms with Gasteiger partial charge in [-0.3, -0.25) is 4.98 Å². The molecule has 1 heterocycles. The van der Waals surface area contributed by atoms with E-state index in [-0.39, 0.29) is 0 Å². The summed E-state index contributed by atoms with van der Waals surface area (Å²) in [6.45, 7) is 3.59. The van der Waals surface area contributed by atoms with E-state index in [0.29, 0.717) is 19.8 Å². The topological polar surface area (TPSA) is 59.0 Å². The third-order valence-corrected chi connectivity index (χ3v) is 3.79. The zero-order chi connectivity index (χ0) is 17.5. The second-order valence-corrected chi connectivity index (χ2v) is 5.48. The fraction of sp³-hybridized carbons (Fsp3) is 0.190. The molecule has 0 aliphatic rings. The number of rotatable bonds is 5. The van der Waals surface area contributed by atoms with Gasteiger partial charge in [0.15, 0.2) is 0 Å². The molecule has 3 aromatic rings. The lowest BCUT2D eigenvalue weighted by Gasteiger charge is -2.09. The molecular formula is C21H21N2O2+. The highest BCUT2D eigenvalue weighted by atomic mass is 16.5. The molecule has 3 N–H and O–H groups in total. The fourth-order valence-electron chi connectivity index (χ4n) is 2.54. The molecule has 3 rings (SSSR count). The molecule has 2 aromatic carbocycles. The van der Waals surface area contributed by atoms with Crippen molar-refractivity contribution in [3.8, 4) is 23.3 Å². The highest BCUT2D eigenvalue weighted by Gasteiger charge is 2.05. The molecule has 0 aliphatic heterocycles. The number of fused-ring (bicyclic) bond motifs is 1. The van der Waals surface area contributed by atoms with Gasteiger partial charge in [0.2, 0.25) is 0 Å². The first kappa shape index (κ1) is 16.8. The Morgan fingerprint density at radius 3 is 2.80 bits per heavy atom. The molecular weight excluding hydrogens is 312 g/mol. The van der Waals surface area contributed by atoms with Crippen LogP contribution in [-0.4, -0.2) is 18.2 Å². The van der Waals surface area contributed by atoms with E-state index < -0.39 is 0 Å². The van der Waals surface area contributed by atoms with Crippen LogP contribution in [0.3, 0.4) is 0 Å². The molecule has 4 heteroatoms. The first-order valence-electron chi connectivity index (χ1n) is 8.30. The molecule has 0 saturated heterocycles. The maximum absolute atomic E-state index is 5.72. The quantitative estimate of drug-likeness (QED) is 0.731. The standard InChI is InChI=1S/C21H20N2O2/c1-2-24-21-13-20(8-7-18(21)14-22)25-11-3-4-16-5-6-17-9-10-23-15-19(17)12-16/h5-10,12-13,15H,2,11,14,22H2,1H3/p+1. The molecule has 0 aliphatic carbocycles. The van der Waals surface area contributed by atoms with Gasteiger partial charge in [-0.15, -0.1) is 0 Å². The smallest absolute Gasteiger partial charge is 0.149 e. The number of ether oxygens (including phenoxy) is 2. The minimum atomic E-state index is 0.320. The maximum atomic E-state index is 5.72. The highest BCUT2D eigenvalue weighted by Crippen LogP contribution is 2.24. The summed E-state index contributed by atoms with van der Waals surface area (Å²) >= 11 is 0. The van der Waals surface area contributed by atoms with Gasteiger partial charge >= 0.3 is 0 Å². The van der Waals surface area contributed by atoms with Crippen LogP contribution in [-0.2, 0) is 6.54 Å². The van der Waals surface area contributed by atoms with Crippen LogP contribution >= 0.6 is 0 Å². The molecule has 0 radical (unpaired) electrons. The zero-order valence-corrected chi connectivity index (χ0v) is 14.3. The Morgan fingerprint density at radius 1 is 1.04 bits per heavy atom. The van der Waals surface area contributed by atoms with E-state index in [2.05, 4.69) is 22.6 Å². The molecule has 0 bridgehead atoms. The van der Waals surface area contributed by atoms with E-state index in [4.69, 9.17) is 9.47 Å². The van der Waals surface area contributed by atoms with Gasteiger partial charge in [-0.2, -0.15) is 0 Å². The molecule has 0 amide bonds. The molecule has 4 nitrogen and oxygen atoms in total. The van der Waals surface area contributed by atoms with Gasteiger partial charge < -0.3 is 15.2 Å². The van der Waals surface area contributed by atoms with Gasteiger partial charge in [0, 0.05) is 35.0 Å². The number of quaternary nitrogens is 1. The van der Waals surface area contributed by atoms with Crippen molar-refractivity contribution in [2.45, 2.75) is 13.5 Å². The van der Waals surface area contributed by atoms with Gasteiger partial charge in [-0.05, 0) is 42.6 Å². The summed E-state index contributed by atoms with van der Waals surface area (Å²) < 4.78 is 11.3. The molecule has 0 atom stereocenters. The average Bonchev–Trinajstić information content (AvgIpc) is 2.65. The van der Waals surface area contributed by atoms with E-state index in [1.807, 2.05) is 55.6 Å². The predicted octanol–water partition coefficient (Wildman–Crippen LogP) is 2.81. The van der Waals surface area contributed by atoms with Crippen molar-refractivity contribution >= 4 is 10.8 Å². The van der Waals surface area contributed by atoms with Crippen LogP contribution in [0.2, 0.25) is 0 Å². The molecule has 0 unspecified atom stereocenters. The Balaban J connectivity index is 1.66. The minimum Gasteiger partial charge on any atom is -0.493 e. The summed E-state index contributed by atoms with van der Waals surface area (Å²) in [5, 5.41) is 2.24. The first-order valence-corrected chi connectivity index (χ1v) is 8.30. The molecule has 0 spiro atoms. The van der Waals surface area contributed by atoms with E-state index in [0.717, 1.165) is 33.4 Å². The first-order chi connectivity index (χ1) is 12.3. The largest absolute Gasteiger partial charge is 0.493 e. The van der Waals surface area contributed by atoms with Crippen LogP contribution in [0.5, 0.6) is 11.5 Å². The van der Waals surface area contributed by atoms with E-state index in [1.54, 1.807) is 6.20 Å². The van der Waals surface area contributed by atoms with Gasteiger partial charge in [-0.25, -0.2) is 0 Å². The third kappa shape index (κ3) is 4.28. The Bertz CT molecular complexity index is 926. The Labute approximate surface area is 147 Å². The van der Waals surface area contributed by atoms with Crippen molar-refractivity contribution < 1.29 is 15.2 Å². The lowest BCUT2D eigenvalue weighted by molar-refractivity contribution is -0.386. The zero-order valence-electron chi connectivity index (χ0n) is 14.3. The number of nitrogens with zero attached hydrogens (tertiary/aromatic N) is 1. The Morgan fingerprint density at radius 2 is 1.96 bits per heavy atom. The normalized spacial score (nSPS) is 10.2. The maximum Gasteiger partial charge on any atom is 0.149 e. The number of hydrogen-bond donors (Lipinski definition) is 1. The number of hydrogen-bond acceptors (Lipinski definition) is 3. The molecule has 1 aromatic heterocycles. The van der Waals surface area contributed by atoms with Crippen molar-refractivity contribution in [3.63, 3.8) is 0 Å². The summed E-state index contributed by atoms with van der Waals surface area (Å²) in [6.07, 6.45) is 3.63. The number of pyridine rings is 1. The van der Waals surface area contributed by atoms with Crippen LogP contribution in [0.25, 0.3) is 10.8 Å². The predicted molar refractivity (Wildman–Crippen MR) is 98.3 cm³/mol. The summed E-state index contributed by atoms with van der Waals surface area (Å²) in [5.41, 5.74) is 5.94. The lowest BCUT2D eigenvalue weighted by Crippen LogP contribution is -2.47. The molecule has 25 heavy (non-hydrogen) atoms. The van der Waals surface area contributed by atoms with Crippen LogP contribution < -0.4 is 15.2 Å². The van der Waals surface area contributed by atoms with Crippen molar-refractivity contribution in [1.82, 2.24) is 4.98 Å². The molecule has 0 fully saturated rings. The lowest BCUT2D eigenvalue weighted by atomic mass is 10.1. The van der Waals surface area contributed by atoms with E-state index >= 15 is 0 Å². The summed E-state index contributed by atoms with van der Waals surface area (Å²) in [5.74, 6) is 7.75. The molecule has 0 saturated carbocycles. The molecule has 126 valence electrons. The Hall–Kier alpha value is -3.03. The highest BCUT2D eigenvalue weighted by molar-refractivity contribution is 5.82. The van der Waals surface area contributed by atoms with Crippen LogP contribution in [0.4, 0.5) is 0 Å². The van der Waals surface area contributed by atoms with E-state index in [1.165, 1.54) is 0 Å².